The van der Waals surface area contributed by atoms with Gasteiger partial charge in [0.15, 0.2) is 0 Å². The number of fused-ring (bicyclic) bond motifs is 1. The molecular formula is C17H18N2O2. The van der Waals surface area contributed by atoms with Crippen molar-refractivity contribution in [3.05, 3.63) is 65.9 Å². The Hall–Kier alpha value is -2.30. The summed E-state index contributed by atoms with van der Waals surface area (Å²) in [5.74, 6) is 7.21. The molecular weight excluding hydrogens is 264 g/mol. The second-order valence-corrected chi connectivity index (χ2v) is 5.03. The topological polar surface area (TPSA) is 60.4 Å². The number of hydrogen-bond donors (Lipinski definition) is 2. The Bertz CT molecular complexity index is 722. The van der Waals surface area contributed by atoms with E-state index in [9.17, 15) is 0 Å². The quantitative estimate of drug-likeness (QED) is 0.556. The maximum Gasteiger partial charge on any atom is 0.134 e. The van der Waals surface area contributed by atoms with Crippen LogP contribution in [0.5, 0.6) is 5.75 Å². The number of hydrogen-bond acceptors (Lipinski definition) is 4. The summed E-state index contributed by atoms with van der Waals surface area (Å²) in [6.45, 7) is 2.46. The third kappa shape index (κ3) is 3.07. The van der Waals surface area contributed by atoms with Crippen LogP contribution in [0.4, 0.5) is 0 Å². The van der Waals surface area contributed by atoms with Crippen molar-refractivity contribution >= 4 is 11.0 Å². The van der Waals surface area contributed by atoms with Crippen LogP contribution < -0.4 is 16.0 Å². The van der Waals surface area contributed by atoms with Crippen LogP contribution in [0.3, 0.4) is 0 Å². The van der Waals surface area contributed by atoms with E-state index in [2.05, 4.69) is 18.4 Å². The number of benzene rings is 2. The van der Waals surface area contributed by atoms with Gasteiger partial charge >= 0.3 is 0 Å². The van der Waals surface area contributed by atoms with Gasteiger partial charge in [0, 0.05) is 5.39 Å². The fourth-order valence-corrected chi connectivity index (χ4v) is 2.26. The summed E-state index contributed by atoms with van der Waals surface area (Å²) in [6, 6.07) is 17.5. The zero-order valence-electron chi connectivity index (χ0n) is 11.9. The first-order valence-corrected chi connectivity index (χ1v) is 6.90. The van der Waals surface area contributed by atoms with Crippen molar-refractivity contribution in [1.29, 1.82) is 0 Å². The van der Waals surface area contributed by atoms with Gasteiger partial charge in [0.1, 0.15) is 29.7 Å². The van der Waals surface area contributed by atoms with Crippen molar-refractivity contribution in [3.63, 3.8) is 0 Å². The molecule has 0 radical (unpaired) electrons. The van der Waals surface area contributed by atoms with E-state index >= 15 is 0 Å². The van der Waals surface area contributed by atoms with Crippen molar-refractivity contribution in [2.24, 2.45) is 5.84 Å². The predicted molar refractivity (Wildman–Crippen MR) is 83.0 cm³/mol. The number of para-hydroxylation sites is 1. The molecule has 21 heavy (non-hydrogen) atoms. The average Bonchev–Trinajstić information content (AvgIpc) is 2.92. The normalized spacial score (nSPS) is 12.5. The number of furan rings is 1. The minimum absolute atomic E-state index is 0.196. The van der Waals surface area contributed by atoms with Crippen LogP contribution in [-0.2, 0) is 0 Å². The van der Waals surface area contributed by atoms with Crippen molar-refractivity contribution in [1.82, 2.24) is 5.43 Å². The molecule has 0 amide bonds. The van der Waals surface area contributed by atoms with E-state index in [1.165, 1.54) is 5.56 Å². The van der Waals surface area contributed by atoms with Gasteiger partial charge in [-0.15, -0.1) is 0 Å². The molecule has 1 atom stereocenters. The molecule has 0 aliphatic carbocycles. The summed E-state index contributed by atoms with van der Waals surface area (Å²) in [7, 11) is 0. The largest absolute Gasteiger partial charge is 0.491 e. The lowest BCUT2D eigenvalue weighted by Gasteiger charge is -2.14. The second-order valence-electron chi connectivity index (χ2n) is 5.03. The van der Waals surface area contributed by atoms with Crippen LogP contribution in [0.15, 0.2) is 59.0 Å². The van der Waals surface area contributed by atoms with Crippen LogP contribution in [0.25, 0.3) is 11.0 Å². The van der Waals surface area contributed by atoms with Crippen LogP contribution in [0.2, 0.25) is 0 Å². The summed E-state index contributed by atoms with van der Waals surface area (Å²) >= 11 is 0. The Balaban J connectivity index is 1.78. The Morgan fingerprint density at radius 1 is 1.14 bits per heavy atom. The van der Waals surface area contributed by atoms with Gasteiger partial charge < -0.3 is 9.15 Å². The number of ether oxygens (including phenoxy) is 1. The third-order valence-electron chi connectivity index (χ3n) is 3.40. The molecule has 108 valence electrons. The zero-order chi connectivity index (χ0) is 14.7. The third-order valence-corrected chi connectivity index (χ3v) is 3.40. The Morgan fingerprint density at radius 3 is 2.71 bits per heavy atom. The molecule has 4 heteroatoms. The Kier molecular flexibility index (Phi) is 3.90. The number of nitrogens with one attached hydrogen (secondary N) is 1. The molecule has 1 aromatic heterocycles. The summed E-state index contributed by atoms with van der Waals surface area (Å²) < 4.78 is 11.6. The van der Waals surface area contributed by atoms with Crippen LogP contribution in [0.1, 0.15) is 17.4 Å². The molecule has 4 nitrogen and oxygen atoms in total. The lowest BCUT2D eigenvalue weighted by Crippen LogP contribution is -2.32. The van der Waals surface area contributed by atoms with Crippen LogP contribution in [-0.4, -0.2) is 6.61 Å². The Morgan fingerprint density at radius 2 is 1.95 bits per heavy atom. The number of rotatable bonds is 5. The van der Waals surface area contributed by atoms with E-state index in [-0.39, 0.29) is 6.04 Å². The van der Waals surface area contributed by atoms with E-state index < -0.39 is 0 Å². The molecule has 0 saturated carbocycles. The monoisotopic (exact) mass is 282 g/mol. The van der Waals surface area contributed by atoms with Crippen LogP contribution in [0, 0.1) is 6.92 Å². The van der Waals surface area contributed by atoms with Gasteiger partial charge in [0.05, 0.1) is 0 Å². The van der Waals surface area contributed by atoms with Gasteiger partial charge in [-0.3, -0.25) is 5.84 Å². The summed E-state index contributed by atoms with van der Waals surface area (Å²) in [4.78, 5) is 0. The highest BCUT2D eigenvalue weighted by atomic mass is 16.5. The molecule has 0 fully saturated rings. The highest BCUT2D eigenvalue weighted by Crippen LogP contribution is 2.25. The lowest BCUT2D eigenvalue weighted by atomic mass is 10.1. The lowest BCUT2D eigenvalue weighted by molar-refractivity contribution is 0.250. The summed E-state index contributed by atoms with van der Waals surface area (Å²) in [6.07, 6.45) is 0. The van der Waals surface area contributed by atoms with Gasteiger partial charge in [-0.2, -0.15) is 0 Å². The molecule has 0 saturated heterocycles. The van der Waals surface area contributed by atoms with Crippen molar-refractivity contribution in [2.75, 3.05) is 6.61 Å². The van der Waals surface area contributed by atoms with Crippen molar-refractivity contribution < 1.29 is 9.15 Å². The van der Waals surface area contributed by atoms with E-state index in [0.29, 0.717) is 6.61 Å². The first kappa shape index (κ1) is 13.7. The van der Waals surface area contributed by atoms with Gasteiger partial charge in [-0.25, -0.2) is 5.43 Å². The molecule has 3 N–H and O–H groups in total. The standard InChI is InChI=1S/C17H18N2O2/c1-12-7-8-16-13(9-12)10-17(21-16)15(19-18)11-20-14-5-3-2-4-6-14/h2-10,15,19H,11,18H2,1H3. The summed E-state index contributed by atoms with van der Waals surface area (Å²) in [5.41, 5.74) is 4.80. The van der Waals surface area contributed by atoms with E-state index in [1.54, 1.807) is 0 Å². The first-order chi connectivity index (χ1) is 10.3. The average molecular weight is 282 g/mol. The van der Waals surface area contributed by atoms with Crippen molar-refractivity contribution in [2.45, 2.75) is 13.0 Å². The SMILES string of the molecule is Cc1ccc2oc(C(COc3ccccc3)NN)cc2c1. The smallest absolute Gasteiger partial charge is 0.134 e. The van der Waals surface area contributed by atoms with Crippen LogP contribution >= 0.6 is 0 Å². The number of nitrogens with two attached hydrogens (primary N) is 1. The van der Waals surface area contributed by atoms with Gasteiger partial charge in [-0.05, 0) is 37.3 Å². The number of aryl methyl sites for hydroxylation is 1. The van der Waals surface area contributed by atoms with E-state index in [0.717, 1.165) is 22.5 Å². The second kappa shape index (κ2) is 5.99. The zero-order valence-corrected chi connectivity index (χ0v) is 11.9. The molecule has 2 aromatic carbocycles. The highest BCUT2D eigenvalue weighted by molar-refractivity contribution is 5.78. The van der Waals surface area contributed by atoms with E-state index in [1.807, 2.05) is 48.5 Å². The minimum atomic E-state index is -0.196. The van der Waals surface area contributed by atoms with Gasteiger partial charge in [0.2, 0.25) is 0 Å². The first-order valence-electron chi connectivity index (χ1n) is 6.90. The molecule has 3 rings (SSSR count). The fourth-order valence-electron chi connectivity index (χ4n) is 2.26. The molecule has 0 aliphatic heterocycles. The highest BCUT2D eigenvalue weighted by Gasteiger charge is 2.16. The number of hydrazine groups is 1. The van der Waals surface area contributed by atoms with Crippen molar-refractivity contribution in [3.8, 4) is 5.75 Å². The van der Waals surface area contributed by atoms with Gasteiger partial charge in [-0.1, -0.05) is 29.8 Å². The van der Waals surface area contributed by atoms with E-state index in [4.69, 9.17) is 15.0 Å². The van der Waals surface area contributed by atoms with Gasteiger partial charge in [0.25, 0.3) is 0 Å². The minimum Gasteiger partial charge on any atom is -0.491 e. The molecule has 3 aromatic rings. The summed E-state index contributed by atoms with van der Waals surface area (Å²) in [5, 5.41) is 1.07. The Labute approximate surface area is 123 Å². The molecule has 0 aliphatic rings. The maximum absolute atomic E-state index is 5.84. The molecule has 1 heterocycles. The fraction of sp³-hybridized carbons (Fsp3) is 0.176. The molecule has 0 bridgehead atoms. The molecule has 1 unspecified atom stereocenters. The molecule has 0 spiro atoms. The maximum atomic E-state index is 5.84. The predicted octanol–water partition coefficient (Wildman–Crippen LogP) is 3.32.